The number of halogens is 3. The standard InChI is InChI=1S/C17H12F3N3O/c18-17(19,20)11-4-3-5-12(10-11)23-14-7-2-1-6-13(14)15-21-8-9-22(15)16(23)24/h1-7,10H,8-9H2. The molecular weight excluding hydrogens is 319 g/mol. The molecule has 0 saturated carbocycles. The molecule has 7 heteroatoms. The zero-order valence-electron chi connectivity index (χ0n) is 12.4. The van der Waals surface area contributed by atoms with Gasteiger partial charge >= 0.3 is 12.2 Å². The van der Waals surface area contributed by atoms with Crippen LogP contribution in [0.5, 0.6) is 0 Å². The van der Waals surface area contributed by atoms with Crippen molar-refractivity contribution in [3.8, 4) is 0 Å². The van der Waals surface area contributed by atoms with Crippen molar-refractivity contribution in [3.05, 3.63) is 59.7 Å². The van der Waals surface area contributed by atoms with Crippen molar-refractivity contribution in [2.75, 3.05) is 18.0 Å². The fourth-order valence-electron chi connectivity index (χ4n) is 3.02. The van der Waals surface area contributed by atoms with Crippen LogP contribution in [0.25, 0.3) is 0 Å². The average Bonchev–Trinajstić information content (AvgIpc) is 3.05. The number of amidine groups is 1. The summed E-state index contributed by atoms with van der Waals surface area (Å²) in [5, 5.41) is 0. The van der Waals surface area contributed by atoms with Gasteiger partial charge in [-0.25, -0.2) is 4.79 Å². The molecule has 0 fully saturated rings. The number of carbonyl (C=O) groups excluding carboxylic acids is 1. The molecule has 2 aromatic rings. The van der Waals surface area contributed by atoms with Gasteiger partial charge in [0.25, 0.3) is 0 Å². The molecule has 0 aromatic heterocycles. The van der Waals surface area contributed by atoms with Crippen molar-refractivity contribution < 1.29 is 18.0 Å². The van der Waals surface area contributed by atoms with E-state index in [0.29, 0.717) is 24.6 Å². The number of rotatable bonds is 1. The SMILES string of the molecule is O=C1N2CCN=C2c2ccccc2N1c1cccc(C(F)(F)F)c1. The fourth-order valence-corrected chi connectivity index (χ4v) is 3.02. The smallest absolute Gasteiger partial charge is 0.276 e. The number of aliphatic imine (C=N–C) groups is 1. The molecule has 4 rings (SSSR count). The highest BCUT2D eigenvalue weighted by Gasteiger charge is 2.38. The van der Waals surface area contributed by atoms with Crippen LogP contribution in [-0.2, 0) is 6.18 Å². The third kappa shape index (κ3) is 2.16. The molecule has 24 heavy (non-hydrogen) atoms. The van der Waals surface area contributed by atoms with Crippen LogP contribution in [0.4, 0.5) is 29.3 Å². The first-order valence-electron chi connectivity index (χ1n) is 7.39. The maximum Gasteiger partial charge on any atom is 0.416 e. The molecule has 2 heterocycles. The van der Waals surface area contributed by atoms with Crippen LogP contribution in [0.3, 0.4) is 0 Å². The molecule has 0 N–H and O–H groups in total. The second-order valence-corrected chi connectivity index (χ2v) is 5.54. The molecule has 2 aliphatic rings. The lowest BCUT2D eigenvalue weighted by Crippen LogP contribution is -2.47. The van der Waals surface area contributed by atoms with E-state index in [0.717, 1.165) is 17.7 Å². The lowest BCUT2D eigenvalue weighted by molar-refractivity contribution is -0.137. The molecular formula is C17H12F3N3O. The predicted octanol–water partition coefficient (Wildman–Crippen LogP) is 4.04. The average molecular weight is 331 g/mol. The minimum atomic E-state index is -4.46. The highest BCUT2D eigenvalue weighted by Crippen LogP contribution is 2.38. The van der Waals surface area contributed by atoms with Gasteiger partial charge in [-0.05, 0) is 30.3 Å². The van der Waals surface area contributed by atoms with Crippen LogP contribution >= 0.6 is 0 Å². The van der Waals surface area contributed by atoms with Crippen LogP contribution in [-0.4, -0.2) is 29.9 Å². The first-order valence-corrected chi connectivity index (χ1v) is 7.39. The quantitative estimate of drug-likeness (QED) is 0.777. The van der Waals surface area contributed by atoms with Crippen molar-refractivity contribution in [1.82, 2.24) is 4.90 Å². The highest BCUT2D eigenvalue weighted by atomic mass is 19.4. The summed E-state index contributed by atoms with van der Waals surface area (Å²) < 4.78 is 39.0. The lowest BCUT2D eigenvalue weighted by atomic mass is 10.1. The monoisotopic (exact) mass is 331 g/mol. The number of hydrogen-bond donors (Lipinski definition) is 0. The topological polar surface area (TPSA) is 35.9 Å². The molecule has 0 bridgehead atoms. The minimum absolute atomic E-state index is 0.188. The second kappa shape index (κ2) is 5.09. The molecule has 0 spiro atoms. The summed E-state index contributed by atoms with van der Waals surface area (Å²) >= 11 is 0. The van der Waals surface area contributed by atoms with E-state index in [9.17, 15) is 18.0 Å². The van der Waals surface area contributed by atoms with E-state index in [4.69, 9.17) is 0 Å². The van der Waals surface area contributed by atoms with Crippen LogP contribution in [0.15, 0.2) is 53.5 Å². The molecule has 0 radical (unpaired) electrons. The van der Waals surface area contributed by atoms with Crippen molar-refractivity contribution in [2.45, 2.75) is 6.18 Å². The molecule has 2 aromatic carbocycles. The van der Waals surface area contributed by atoms with Gasteiger partial charge in [-0.1, -0.05) is 18.2 Å². The van der Waals surface area contributed by atoms with Crippen molar-refractivity contribution in [1.29, 1.82) is 0 Å². The number of benzene rings is 2. The number of carbonyl (C=O) groups is 1. The Kier molecular flexibility index (Phi) is 3.13. The van der Waals surface area contributed by atoms with Gasteiger partial charge in [0.2, 0.25) is 0 Å². The van der Waals surface area contributed by atoms with E-state index >= 15 is 0 Å². The lowest BCUT2D eigenvalue weighted by Gasteiger charge is -2.35. The number of para-hydroxylation sites is 1. The molecule has 0 atom stereocenters. The van der Waals surface area contributed by atoms with Gasteiger partial charge in [-0.2, -0.15) is 13.2 Å². The van der Waals surface area contributed by atoms with Gasteiger partial charge in [0.1, 0.15) is 5.84 Å². The summed E-state index contributed by atoms with van der Waals surface area (Å²) in [4.78, 5) is 20.0. The summed E-state index contributed by atoms with van der Waals surface area (Å²) in [6, 6.07) is 11.5. The molecule has 2 aliphatic heterocycles. The van der Waals surface area contributed by atoms with Crippen LogP contribution in [0, 0.1) is 0 Å². The van der Waals surface area contributed by atoms with Gasteiger partial charge in [0, 0.05) is 12.1 Å². The number of anilines is 2. The summed E-state index contributed by atoms with van der Waals surface area (Å²) in [5.41, 5.74) is 0.685. The number of urea groups is 1. The van der Waals surface area contributed by atoms with Crippen molar-refractivity contribution in [2.24, 2.45) is 4.99 Å². The molecule has 122 valence electrons. The zero-order chi connectivity index (χ0) is 16.9. The van der Waals surface area contributed by atoms with Crippen LogP contribution in [0.1, 0.15) is 11.1 Å². The highest BCUT2D eigenvalue weighted by molar-refractivity contribution is 6.22. The number of nitrogens with zero attached hydrogens (tertiary/aromatic N) is 3. The normalized spacial score (nSPS) is 16.8. The van der Waals surface area contributed by atoms with Gasteiger partial charge in [-0.3, -0.25) is 14.8 Å². The molecule has 0 saturated heterocycles. The Morgan fingerprint density at radius 3 is 2.62 bits per heavy atom. The molecule has 0 unspecified atom stereocenters. The van der Waals surface area contributed by atoms with Gasteiger partial charge in [-0.15, -0.1) is 0 Å². The third-order valence-corrected chi connectivity index (χ3v) is 4.08. The number of amides is 2. The molecule has 0 aliphatic carbocycles. The largest absolute Gasteiger partial charge is 0.416 e. The maximum absolute atomic E-state index is 13.0. The van der Waals surface area contributed by atoms with E-state index in [2.05, 4.69) is 4.99 Å². The van der Waals surface area contributed by atoms with Crippen molar-refractivity contribution >= 4 is 23.2 Å². The van der Waals surface area contributed by atoms with Gasteiger partial charge in [0.05, 0.1) is 23.5 Å². The second-order valence-electron chi connectivity index (χ2n) is 5.54. The Labute approximate surface area is 135 Å². The summed E-state index contributed by atoms with van der Waals surface area (Å²) in [7, 11) is 0. The van der Waals surface area contributed by atoms with E-state index in [1.165, 1.54) is 21.9 Å². The zero-order valence-corrected chi connectivity index (χ0v) is 12.4. The van der Waals surface area contributed by atoms with Crippen molar-refractivity contribution in [3.63, 3.8) is 0 Å². The van der Waals surface area contributed by atoms with Crippen LogP contribution < -0.4 is 4.90 Å². The van der Waals surface area contributed by atoms with Crippen LogP contribution in [0.2, 0.25) is 0 Å². The molecule has 4 nitrogen and oxygen atoms in total. The minimum Gasteiger partial charge on any atom is -0.276 e. The maximum atomic E-state index is 13.0. The Bertz CT molecular complexity index is 860. The Morgan fingerprint density at radius 2 is 1.83 bits per heavy atom. The Balaban J connectivity index is 1.88. The Hall–Kier alpha value is -2.83. The first kappa shape index (κ1) is 14.7. The summed E-state index contributed by atoms with van der Waals surface area (Å²) in [6.45, 7) is 0.920. The Morgan fingerprint density at radius 1 is 1.04 bits per heavy atom. The number of fused-ring (bicyclic) bond motifs is 3. The fraction of sp³-hybridized carbons (Fsp3) is 0.176. The van der Waals surface area contributed by atoms with E-state index < -0.39 is 11.7 Å². The van der Waals surface area contributed by atoms with E-state index in [1.54, 1.807) is 12.1 Å². The van der Waals surface area contributed by atoms with E-state index in [-0.39, 0.29) is 11.7 Å². The number of hydrogen-bond acceptors (Lipinski definition) is 2. The summed E-state index contributed by atoms with van der Waals surface area (Å²) in [5.74, 6) is 0.582. The first-order chi connectivity index (χ1) is 11.5. The van der Waals surface area contributed by atoms with E-state index in [1.807, 2.05) is 12.1 Å². The van der Waals surface area contributed by atoms with Gasteiger partial charge in [0.15, 0.2) is 0 Å². The molecule has 2 amide bonds. The summed E-state index contributed by atoms with van der Waals surface area (Å²) in [6.07, 6.45) is -4.46. The van der Waals surface area contributed by atoms with Gasteiger partial charge < -0.3 is 0 Å². The predicted molar refractivity (Wildman–Crippen MR) is 83.5 cm³/mol. The number of alkyl halides is 3. The third-order valence-electron chi connectivity index (χ3n) is 4.08.